The molecule has 0 saturated carbocycles. The minimum atomic E-state index is -0.259. The lowest BCUT2D eigenvalue weighted by Gasteiger charge is -2.25. The maximum Gasteiger partial charge on any atom is 0.192 e. The van der Waals surface area contributed by atoms with Crippen molar-refractivity contribution < 1.29 is 4.79 Å². The Morgan fingerprint density at radius 1 is 1.71 bits per heavy atom. The number of hydrogen-bond acceptors (Lipinski definition) is 3. The van der Waals surface area contributed by atoms with E-state index >= 15 is 0 Å². The molecule has 76 valence electrons. The van der Waals surface area contributed by atoms with Gasteiger partial charge < -0.3 is 5.32 Å². The predicted octanol–water partition coefficient (Wildman–Crippen LogP) is 2.46. The zero-order valence-electron chi connectivity index (χ0n) is 8.38. The molecule has 2 rings (SSSR count). The van der Waals surface area contributed by atoms with Crippen molar-refractivity contribution in [3.63, 3.8) is 0 Å². The van der Waals surface area contributed by atoms with Gasteiger partial charge in [0.25, 0.3) is 0 Å². The first-order valence-corrected chi connectivity index (χ1v) is 6.00. The van der Waals surface area contributed by atoms with Gasteiger partial charge in [0.15, 0.2) is 5.78 Å². The molecule has 1 saturated heterocycles. The van der Waals surface area contributed by atoms with E-state index in [1.165, 1.54) is 0 Å². The average molecular weight is 209 g/mol. The molecule has 0 amide bonds. The van der Waals surface area contributed by atoms with Crippen molar-refractivity contribution in [2.24, 2.45) is 0 Å². The molecule has 0 aromatic carbocycles. The smallest absolute Gasteiger partial charge is 0.192 e. The minimum absolute atomic E-state index is 0.259. The van der Waals surface area contributed by atoms with Gasteiger partial charge in [-0.05, 0) is 37.3 Å². The van der Waals surface area contributed by atoms with Crippen LogP contribution in [0.3, 0.4) is 0 Å². The van der Waals surface area contributed by atoms with Crippen LogP contribution in [0.1, 0.15) is 35.9 Å². The van der Waals surface area contributed by atoms with Gasteiger partial charge in [-0.3, -0.25) is 4.79 Å². The largest absolute Gasteiger partial charge is 0.305 e. The van der Waals surface area contributed by atoms with Crippen molar-refractivity contribution in [1.82, 2.24) is 5.32 Å². The summed E-state index contributed by atoms with van der Waals surface area (Å²) in [6.07, 6.45) is 2.99. The minimum Gasteiger partial charge on any atom is -0.305 e. The SMILES string of the molecule is CCC1(C(=O)c2cccs2)CCCN1. The van der Waals surface area contributed by atoms with Crippen LogP contribution in [0.25, 0.3) is 0 Å². The first-order valence-electron chi connectivity index (χ1n) is 5.12. The van der Waals surface area contributed by atoms with E-state index in [1.807, 2.05) is 17.5 Å². The van der Waals surface area contributed by atoms with E-state index in [4.69, 9.17) is 0 Å². The molecule has 0 radical (unpaired) electrons. The molecule has 1 atom stereocenters. The fourth-order valence-electron chi connectivity index (χ4n) is 2.11. The van der Waals surface area contributed by atoms with Crippen LogP contribution < -0.4 is 5.32 Å². The van der Waals surface area contributed by atoms with Gasteiger partial charge in [-0.25, -0.2) is 0 Å². The maximum atomic E-state index is 12.2. The molecule has 1 aromatic heterocycles. The highest BCUT2D eigenvalue weighted by atomic mass is 32.1. The molecule has 2 nitrogen and oxygen atoms in total. The van der Waals surface area contributed by atoms with Gasteiger partial charge in [0, 0.05) is 0 Å². The maximum absolute atomic E-state index is 12.2. The Balaban J connectivity index is 2.24. The molecule has 0 spiro atoms. The number of hydrogen-bond donors (Lipinski definition) is 1. The summed E-state index contributed by atoms with van der Waals surface area (Å²) in [5.74, 6) is 0.285. The lowest BCUT2D eigenvalue weighted by molar-refractivity contribution is 0.0868. The molecule has 1 fully saturated rings. The summed E-state index contributed by atoms with van der Waals surface area (Å²) in [4.78, 5) is 13.1. The normalized spacial score (nSPS) is 26.6. The molecule has 0 aliphatic carbocycles. The molecular formula is C11H15NOS. The summed E-state index contributed by atoms with van der Waals surface area (Å²) in [5, 5.41) is 5.33. The second-order valence-electron chi connectivity index (χ2n) is 3.77. The summed E-state index contributed by atoms with van der Waals surface area (Å²) in [7, 11) is 0. The van der Waals surface area contributed by atoms with Gasteiger partial charge >= 0.3 is 0 Å². The summed E-state index contributed by atoms with van der Waals surface area (Å²) >= 11 is 1.54. The van der Waals surface area contributed by atoms with Crippen molar-refractivity contribution in [2.75, 3.05) is 6.54 Å². The van der Waals surface area contributed by atoms with Crippen LogP contribution in [-0.4, -0.2) is 17.9 Å². The Morgan fingerprint density at radius 2 is 2.57 bits per heavy atom. The van der Waals surface area contributed by atoms with Gasteiger partial charge in [-0.2, -0.15) is 0 Å². The van der Waals surface area contributed by atoms with Crippen LogP contribution in [0.15, 0.2) is 17.5 Å². The fourth-order valence-corrected chi connectivity index (χ4v) is 2.87. The summed E-state index contributed by atoms with van der Waals surface area (Å²) in [6, 6.07) is 3.86. The van der Waals surface area contributed by atoms with Crippen molar-refractivity contribution in [2.45, 2.75) is 31.7 Å². The second kappa shape index (κ2) is 3.83. The van der Waals surface area contributed by atoms with E-state index in [0.29, 0.717) is 0 Å². The Hall–Kier alpha value is -0.670. The van der Waals surface area contributed by atoms with Crippen molar-refractivity contribution >= 4 is 17.1 Å². The van der Waals surface area contributed by atoms with E-state index in [-0.39, 0.29) is 11.3 Å². The Labute approximate surface area is 88.3 Å². The molecule has 1 aliphatic rings. The number of nitrogens with one attached hydrogen (secondary N) is 1. The highest BCUT2D eigenvalue weighted by Crippen LogP contribution is 2.28. The summed E-state index contributed by atoms with van der Waals surface area (Å²) in [6.45, 7) is 3.06. The van der Waals surface area contributed by atoms with Crippen molar-refractivity contribution in [1.29, 1.82) is 0 Å². The van der Waals surface area contributed by atoms with Gasteiger partial charge in [0.1, 0.15) is 0 Å². The quantitative estimate of drug-likeness (QED) is 0.775. The second-order valence-corrected chi connectivity index (χ2v) is 4.72. The number of ketones is 1. The molecule has 1 unspecified atom stereocenters. The van der Waals surface area contributed by atoms with Crippen LogP contribution in [0.4, 0.5) is 0 Å². The first-order chi connectivity index (χ1) is 6.78. The molecule has 14 heavy (non-hydrogen) atoms. The lowest BCUT2D eigenvalue weighted by Crippen LogP contribution is -2.46. The number of carbonyl (C=O) groups excluding carboxylic acids is 1. The molecule has 0 bridgehead atoms. The van der Waals surface area contributed by atoms with Crippen molar-refractivity contribution in [3.05, 3.63) is 22.4 Å². The monoisotopic (exact) mass is 209 g/mol. The fraction of sp³-hybridized carbons (Fsp3) is 0.545. The highest BCUT2D eigenvalue weighted by Gasteiger charge is 2.39. The van der Waals surface area contributed by atoms with E-state index in [2.05, 4.69) is 12.2 Å². The molecule has 1 aromatic rings. The van der Waals surface area contributed by atoms with Gasteiger partial charge in [0.05, 0.1) is 10.4 Å². The number of rotatable bonds is 3. The Morgan fingerprint density at radius 3 is 3.07 bits per heavy atom. The van der Waals surface area contributed by atoms with E-state index in [9.17, 15) is 4.79 Å². The molecule has 1 N–H and O–H groups in total. The third kappa shape index (κ3) is 1.51. The lowest BCUT2D eigenvalue weighted by atomic mass is 9.88. The third-order valence-electron chi connectivity index (χ3n) is 3.03. The van der Waals surface area contributed by atoms with Gasteiger partial charge in [-0.1, -0.05) is 13.0 Å². The average Bonchev–Trinajstić information content (AvgIpc) is 2.89. The highest BCUT2D eigenvalue weighted by molar-refractivity contribution is 7.12. The zero-order valence-corrected chi connectivity index (χ0v) is 9.19. The molecule has 1 aliphatic heterocycles. The van der Waals surface area contributed by atoms with Crippen LogP contribution in [-0.2, 0) is 0 Å². The zero-order chi connectivity index (χ0) is 10.0. The predicted molar refractivity (Wildman–Crippen MR) is 58.9 cm³/mol. The number of carbonyl (C=O) groups is 1. The Kier molecular flexibility index (Phi) is 2.70. The summed E-state index contributed by atoms with van der Waals surface area (Å²) in [5.41, 5.74) is -0.259. The van der Waals surface area contributed by atoms with E-state index in [1.54, 1.807) is 11.3 Å². The molecular weight excluding hydrogens is 194 g/mol. The van der Waals surface area contributed by atoms with Gasteiger partial charge in [-0.15, -0.1) is 11.3 Å². The van der Waals surface area contributed by atoms with Gasteiger partial charge in [0.2, 0.25) is 0 Å². The number of thiophene rings is 1. The van der Waals surface area contributed by atoms with Crippen LogP contribution in [0, 0.1) is 0 Å². The molecule has 2 heterocycles. The Bertz CT molecular complexity index is 312. The third-order valence-corrected chi connectivity index (χ3v) is 3.90. The topological polar surface area (TPSA) is 29.1 Å². The van der Waals surface area contributed by atoms with Crippen LogP contribution >= 0.6 is 11.3 Å². The first kappa shape index (κ1) is 9.87. The standard InChI is InChI=1S/C11H15NOS/c1-2-11(6-4-7-12-11)10(13)9-5-3-8-14-9/h3,5,8,12H,2,4,6-7H2,1H3. The summed E-state index contributed by atoms with van der Waals surface area (Å²) < 4.78 is 0. The van der Waals surface area contributed by atoms with Crippen LogP contribution in [0.2, 0.25) is 0 Å². The van der Waals surface area contributed by atoms with E-state index in [0.717, 1.165) is 30.7 Å². The van der Waals surface area contributed by atoms with E-state index < -0.39 is 0 Å². The van der Waals surface area contributed by atoms with Crippen LogP contribution in [0.5, 0.6) is 0 Å². The van der Waals surface area contributed by atoms with Crippen molar-refractivity contribution in [3.8, 4) is 0 Å². The molecule has 3 heteroatoms. The number of Topliss-reactive ketones (excluding diaryl/α,β-unsaturated/α-hetero) is 1.